The van der Waals surface area contributed by atoms with Gasteiger partial charge in [0, 0.05) is 19.1 Å². The molecule has 0 spiro atoms. The summed E-state index contributed by atoms with van der Waals surface area (Å²) in [6.07, 6.45) is 2.70. The molecule has 64 valence electrons. The van der Waals surface area contributed by atoms with Crippen LogP contribution in [-0.2, 0) is 0 Å². The summed E-state index contributed by atoms with van der Waals surface area (Å²) in [7, 11) is 0. The second-order valence-corrected chi connectivity index (χ2v) is 3.87. The van der Waals surface area contributed by atoms with Gasteiger partial charge in [-0.05, 0) is 31.8 Å². The first-order chi connectivity index (χ1) is 5.40. The van der Waals surface area contributed by atoms with Gasteiger partial charge in [-0.3, -0.25) is 0 Å². The maximum Gasteiger partial charge on any atom is 0.0235 e. The molecule has 0 aromatic rings. The van der Waals surface area contributed by atoms with E-state index in [-0.39, 0.29) is 0 Å². The smallest absolute Gasteiger partial charge is 0.0235 e. The van der Waals surface area contributed by atoms with E-state index < -0.39 is 0 Å². The Balaban J connectivity index is 1.78. The lowest BCUT2D eigenvalue weighted by molar-refractivity contribution is 0.316. The molecule has 0 aromatic carbocycles. The molecule has 2 aliphatic heterocycles. The molecule has 2 nitrogen and oxygen atoms in total. The van der Waals surface area contributed by atoms with Crippen molar-refractivity contribution < 1.29 is 0 Å². The zero-order valence-electron chi connectivity index (χ0n) is 7.34. The highest BCUT2D eigenvalue weighted by molar-refractivity contribution is 4.94. The molecule has 11 heavy (non-hydrogen) atoms. The lowest BCUT2D eigenvalue weighted by Crippen LogP contribution is -2.40. The highest BCUT2D eigenvalue weighted by Crippen LogP contribution is 2.27. The van der Waals surface area contributed by atoms with Crippen LogP contribution in [0.2, 0.25) is 0 Å². The van der Waals surface area contributed by atoms with Gasteiger partial charge < -0.3 is 10.2 Å². The molecule has 2 saturated heterocycles. The Morgan fingerprint density at radius 1 is 1.45 bits per heavy atom. The fraction of sp³-hybridized carbons (Fsp3) is 1.00. The van der Waals surface area contributed by atoms with Crippen LogP contribution in [0, 0.1) is 5.92 Å². The molecule has 0 aromatic heterocycles. The minimum atomic E-state index is 0.823. The van der Waals surface area contributed by atoms with Gasteiger partial charge >= 0.3 is 0 Å². The minimum Gasteiger partial charge on any atom is -0.312 e. The summed E-state index contributed by atoms with van der Waals surface area (Å²) >= 11 is 0. The summed E-state index contributed by atoms with van der Waals surface area (Å²) in [5, 5.41) is 3.62. The van der Waals surface area contributed by atoms with Crippen LogP contribution in [-0.4, -0.2) is 37.1 Å². The van der Waals surface area contributed by atoms with E-state index in [0.29, 0.717) is 0 Å². The van der Waals surface area contributed by atoms with Crippen LogP contribution in [0.1, 0.15) is 19.8 Å². The molecule has 2 aliphatic rings. The highest BCUT2D eigenvalue weighted by atomic mass is 15.2. The van der Waals surface area contributed by atoms with Gasteiger partial charge in [0.15, 0.2) is 0 Å². The molecule has 0 radical (unpaired) electrons. The van der Waals surface area contributed by atoms with E-state index in [1.54, 1.807) is 0 Å². The van der Waals surface area contributed by atoms with E-state index in [0.717, 1.165) is 12.0 Å². The van der Waals surface area contributed by atoms with Gasteiger partial charge in [0.1, 0.15) is 0 Å². The maximum absolute atomic E-state index is 3.62. The topological polar surface area (TPSA) is 15.3 Å². The number of hydrogen-bond donors (Lipinski definition) is 1. The summed E-state index contributed by atoms with van der Waals surface area (Å²) in [5.74, 6) is 0.974. The van der Waals surface area contributed by atoms with Gasteiger partial charge in [0.25, 0.3) is 0 Å². The van der Waals surface area contributed by atoms with Crippen LogP contribution in [0.15, 0.2) is 0 Å². The van der Waals surface area contributed by atoms with Gasteiger partial charge in [-0.15, -0.1) is 0 Å². The quantitative estimate of drug-likeness (QED) is 0.643. The van der Waals surface area contributed by atoms with Crippen molar-refractivity contribution in [3.05, 3.63) is 0 Å². The lowest BCUT2D eigenvalue weighted by Gasteiger charge is -2.22. The molecule has 3 atom stereocenters. The van der Waals surface area contributed by atoms with Crippen LogP contribution < -0.4 is 5.32 Å². The number of nitrogens with one attached hydrogen (secondary N) is 1. The van der Waals surface area contributed by atoms with Gasteiger partial charge in [0.2, 0.25) is 0 Å². The fourth-order valence-corrected chi connectivity index (χ4v) is 2.35. The summed E-state index contributed by atoms with van der Waals surface area (Å²) in [4.78, 5) is 2.58. The molecule has 1 unspecified atom stereocenters. The Morgan fingerprint density at radius 2 is 2.36 bits per heavy atom. The van der Waals surface area contributed by atoms with Crippen molar-refractivity contribution in [1.29, 1.82) is 0 Å². The third kappa shape index (κ3) is 1.42. The van der Waals surface area contributed by atoms with Gasteiger partial charge in [0.05, 0.1) is 0 Å². The largest absolute Gasteiger partial charge is 0.312 e. The monoisotopic (exact) mass is 154 g/mol. The molecule has 1 N–H and O–H groups in total. The Labute approximate surface area is 69.0 Å². The summed E-state index contributed by atoms with van der Waals surface area (Å²) < 4.78 is 0. The molecule has 2 heteroatoms. The summed E-state index contributed by atoms with van der Waals surface area (Å²) in [5.41, 5.74) is 0. The average molecular weight is 154 g/mol. The van der Waals surface area contributed by atoms with Crippen molar-refractivity contribution in [1.82, 2.24) is 10.2 Å². The molecular weight excluding hydrogens is 136 g/mol. The zero-order chi connectivity index (χ0) is 7.68. The van der Waals surface area contributed by atoms with Crippen molar-refractivity contribution >= 4 is 0 Å². The van der Waals surface area contributed by atoms with Gasteiger partial charge in [-0.2, -0.15) is 0 Å². The molecule has 0 amide bonds. The SMILES string of the molecule is CCCN[C@H]1CN2CC[C@H]1C2. The summed E-state index contributed by atoms with van der Waals surface area (Å²) in [6, 6.07) is 0.823. The van der Waals surface area contributed by atoms with E-state index in [1.165, 1.54) is 39.0 Å². The molecule has 2 fully saturated rings. The Bertz CT molecular complexity index is 136. The first-order valence-electron chi connectivity index (χ1n) is 4.86. The second kappa shape index (κ2) is 3.11. The van der Waals surface area contributed by atoms with E-state index in [4.69, 9.17) is 0 Å². The zero-order valence-corrected chi connectivity index (χ0v) is 7.34. The summed E-state index contributed by atoms with van der Waals surface area (Å²) in [6.45, 7) is 7.47. The first-order valence-corrected chi connectivity index (χ1v) is 4.86. The third-order valence-electron chi connectivity index (χ3n) is 2.99. The standard InChI is InChI=1S/C9H18N2/c1-2-4-10-9-7-11-5-3-8(9)6-11/h8-10H,2-7H2,1H3/t8-,9-/m0/s1. The number of nitrogens with zero attached hydrogens (tertiary/aromatic N) is 1. The molecule has 2 heterocycles. The molecule has 2 bridgehead atoms. The van der Waals surface area contributed by atoms with E-state index >= 15 is 0 Å². The molecular formula is C9H18N2. The Kier molecular flexibility index (Phi) is 2.14. The van der Waals surface area contributed by atoms with Crippen molar-refractivity contribution in [3.63, 3.8) is 0 Å². The van der Waals surface area contributed by atoms with Crippen LogP contribution >= 0.6 is 0 Å². The minimum absolute atomic E-state index is 0.823. The van der Waals surface area contributed by atoms with Crippen molar-refractivity contribution in [3.8, 4) is 0 Å². The fourth-order valence-electron chi connectivity index (χ4n) is 2.35. The molecule has 2 rings (SSSR count). The van der Waals surface area contributed by atoms with E-state index in [2.05, 4.69) is 17.1 Å². The van der Waals surface area contributed by atoms with Gasteiger partial charge in [-0.1, -0.05) is 6.92 Å². The Morgan fingerprint density at radius 3 is 2.91 bits per heavy atom. The van der Waals surface area contributed by atoms with Crippen LogP contribution in [0.4, 0.5) is 0 Å². The van der Waals surface area contributed by atoms with Crippen molar-refractivity contribution in [2.45, 2.75) is 25.8 Å². The van der Waals surface area contributed by atoms with Crippen LogP contribution in [0.5, 0.6) is 0 Å². The normalized spacial score (nSPS) is 41.7. The first kappa shape index (κ1) is 7.56. The van der Waals surface area contributed by atoms with Crippen molar-refractivity contribution in [2.75, 3.05) is 26.2 Å². The average Bonchev–Trinajstić information content (AvgIpc) is 2.60. The van der Waals surface area contributed by atoms with E-state index in [9.17, 15) is 0 Å². The van der Waals surface area contributed by atoms with Crippen LogP contribution in [0.3, 0.4) is 0 Å². The highest BCUT2D eigenvalue weighted by Gasteiger charge is 2.37. The lowest BCUT2D eigenvalue weighted by atomic mass is 10.0. The predicted molar refractivity (Wildman–Crippen MR) is 46.6 cm³/mol. The Hall–Kier alpha value is -0.0800. The molecule has 0 aliphatic carbocycles. The second-order valence-electron chi connectivity index (χ2n) is 3.87. The maximum atomic E-state index is 3.62. The number of hydrogen-bond acceptors (Lipinski definition) is 2. The number of rotatable bonds is 3. The number of fused-ring (bicyclic) bond motifs is 2. The van der Waals surface area contributed by atoms with E-state index in [1.807, 2.05) is 0 Å². The number of piperidine rings is 1. The van der Waals surface area contributed by atoms with Crippen LogP contribution in [0.25, 0.3) is 0 Å². The predicted octanol–water partition coefficient (Wildman–Crippen LogP) is 0.690. The van der Waals surface area contributed by atoms with Crippen molar-refractivity contribution in [2.24, 2.45) is 5.92 Å². The molecule has 0 saturated carbocycles. The van der Waals surface area contributed by atoms with Gasteiger partial charge in [-0.25, -0.2) is 0 Å². The third-order valence-corrected chi connectivity index (χ3v) is 2.99.